The van der Waals surface area contributed by atoms with Crippen molar-refractivity contribution in [2.24, 2.45) is 10.9 Å². The summed E-state index contributed by atoms with van der Waals surface area (Å²) in [6.45, 7) is 13.8. The van der Waals surface area contributed by atoms with Crippen molar-refractivity contribution in [3.05, 3.63) is 120 Å². The third kappa shape index (κ3) is 5.59. The van der Waals surface area contributed by atoms with Crippen molar-refractivity contribution in [3.63, 3.8) is 0 Å². The van der Waals surface area contributed by atoms with Crippen LogP contribution in [0.2, 0.25) is 0 Å². The van der Waals surface area contributed by atoms with Gasteiger partial charge in [0.25, 0.3) is 0 Å². The zero-order valence-electron chi connectivity index (χ0n) is 26.8. The van der Waals surface area contributed by atoms with Gasteiger partial charge in [0.05, 0.1) is 17.2 Å². The zero-order chi connectivity index (χ0) is 31.3. The molecule has 7 rings (SSSR count). The maximum atomic E-state index is 6.79. The van der Waals surface area contributed by atoms with E-state index in [9.17, 15) is 0 Å². The third-order valence-electron chi connectivity index (χ3n) is 8.64. The van der Waals surface area contributed by atoms with Crippen LogP contribution in [0.5, 0.6) is 11.5 Å². The van der Waals surface area contributed by atoms with Crippen LogP contribution in [-0.4, -0.2) is 28.1 Å². The van der Waals surface area contributed by atoms with E-state index < -0.39 is 0 Å². The second kappa shape index (κ2) is 11.2. The topological polar surface area (TPSA) is 48.6 Å². The lowest BCUT2D eigenvalue weighted by molar-refractivity contribution is 0.292. The molecule has 6 aromatic rings. The molecule has 0 radical (unpaired) electrons. The van der Waals surface area contributed by atoms with Crippen LogP contribution in [-0.2, 0) is 10.2 Å². The normalized spacial score (nSPS) is 15.1. The summed E-state index contributed by atoms with van der Waals surface area (Å²) in [6.07, 6.45) is 1.86. The molecule has 0 saturated carbocycles. The van der Waals surface area contributed by atoms with Crippen LogP contribution in [0.4, 0.5) is 0 Å². The number of nitrogens with zero attached hydrogens (tertiary/aromatic N) is 3. The number of hydrogen-bond acceptors (Lipinski definition) is 4. The number of fused-ring (bicyclic) bond motifs is 3. The van der Waals surface area contributed by atoms with Crippen molar-refractivity contribution in [2.75, 3.05) is 6.61 Å². The van der Waals surface area contributed by atoms with Crippen LogP contribution < -0.4 is 4.74 Å². The van der Waals surface area contributed by atoms with Gasteiger partial charge in [-0.05, 0) is 89.5 Å². The molecule has 0 unspecified atom stereocenters. The minimum atomic E-state index is -0.105. The Bertz CT molecular complexity index is 2070. The first-order valence-electron chi connectivity index (χ1n) is 15.7. The van der Waals surface area contributed by atoms with Gasteiger partial charge in [-0.3, -0.25) is 4.57 Å². The molecule has 2 aromatic heterocycles. The van der Waals surface area contributed by atoms with Crippen LogP contribution in [0, 0.1) is 12.8 Å². The van der Waals surface area contributed by atoms with Gasteiger partial charge in [0.15, 0.2) is 0 Å². The van der Waals surface area contributed by atoms with E-state index in [-0.39, 0.29) is 11.5 Å². The van der Waals surface area contributed by atoms with Crippen LogP contribution >= 0.6 is 0 Å². The average molecular weight is 594 g/mol. The van der Waals surface area contributed by atoms with E-state index in [4.69, 9.17) is 19.5 Å². The summed E-state index contributed by atoms with van der Waals surface area (Å²) < 4.78 is 15.2. The van der Waals surface area contributed by atoms with E-state index in [1.54, 1.807) is 0 Å². The molecule has 0 amide bonds. The van der Waals surface area contributed by atoms with Crippen LogP contribution in [0.1, 0.15) is 51.3 Å². The largest absolute Gasteiger partial charge is 0.475 e. The Morgan fingerprint density at radius 2 is 1.58 bits per heavy atom. The van der Waals surface area contributed by atoms with Crippen LogP contribution in [0.25, 0.3) is 38.8 Å². The first-order valence-corrected chi connectivity index (χ1v) is 15.7. The molecule has 5 nitrogen and oxygen atoms in total. The molecule has 0 spiro atoms. The highest BCUT2D eigenvalue weighted by Crippen LogP contribution is 2.37. The van der Waals surface area contributed by atoms with Gasteiger partial charge in [0, 0.05) is 28.6 Å². The number of pyridine rings is 1. The monoisotopic (exact) mass is 593 g/mol. The predicted octanol–water partition coefficient (Wildman–Crippen LogP) is 10.0. The molecule has 1 atom stereocenters. The predicted molar refractivity (Wildman–Crippen MR) is 185 cm³/mol. The maximum absolute atomic E-state index is 6.79. The zero-order valence-corrected chi connectivity index (χ0v) is 26.8. The fourth-order valence-electron chi connectivity index (χ4n) is 6.03. The Hall–Kier alpha value is -4.90. The minimum Gasteiger partial charge on any atom is -0.475 e. The number of rotatable bonds is 6. The molecular weight excluding hydrogens is 554 g/mol. The molecule has 0 saturated heterocycles. The number of ether oxygens (including phenoxy) is 2. The van der Waals surface area contributed by atoms with Gasteiger partial charge in [-0.15, -0.1) is 0 Å². The highest BCUT2D eigenvalue weighted by molar-refractivity contribution is 6.08. The van der Waals surface area contributed by atoms with Crippen molar-refractivity contribution in [3.8, 4) is 28.3 Å². The van der Waals surface area contributed by atoms with E-state index in [0.717, 1.165) is 50.4 Å². The molecule has 5 heteroatoms. The number of benzene rings is 4. The molecule has 1 aliphatic heterocycles. The highest BCUT2D eigenvalue weighted by Gasteiger charge is 2.24. The lowest BCUT2D eigenvalue weighted by Gasteiger charge is -2.22. The number of hydrogen-bond donors (Lipinski definition) is 0. The summed E-state index contributed by atoms with van der Waals surface area (Å²) in [7, 11) is 0. The molecule has 45 heavy (non-hydrogen) atoms. The molecule has 4 aromatic carbocycles. The molecule has 226 valence electrons. The highest BCUT2D eigenvalue weighted by atomic mass is 16.5. The third-order valence-corrected chi connectivity index (χ3v) is 8.64. The van der Waals surface area contributed by atoms with Gasteiger partial charge in [0.1, 0.15) is 23.8 Å². The van der Waals surface area contributed by atoms with Gasteiger partial charge < -0.3 is 9.47 Å². The van der Waals surface area contributed by atoms with Gasteiger partial charge in [-0.1, -0.05) is 76.6 Å². The fraction of sp³-hybridized carbons (Fsp3) is 0.250. The van der Waals surface area contributed by atoms with Gasteiger partial charge >= 0.3 is 0 Å². The molecular formula is C40H39N3O2. The van der Waals surface area contributed by atoms with Gasteiger partial charge in [0.2, 0.25) is 5.90 Å². The van der Waals surface area contributed by atoms with E-state index in [2.05, 4.69) is 125 Å². The maximum Gasteiger partial charge on any atom is 0.216 e. The summed E-state index contributed by atoms with van der Waals surface area (Å²) >= 11 is 0. The van der Waals surface area contributed by atoms with Crippen molar-refractivity contribution < 1.29 is 9.47 Å². The average Bonchev–Trinajstić information content (AvgIpc) is 3.65. The quantitative estimate of drug-likeness (QED) is 0.193. The van der Waals surface area contributed by atoms with Crippen LogP contribution in [0.3, 0.4) is 0 Å². The van der Waals surface area contributed by atoms with E-state index in [0.29, 0.717) is 18.4 Å². The summed E-state index contributed by atoms with van der Waals surface area (Å²) in [5, 5.41) is 2.33. The van der Waals surface area contributed by atoms with Crippen molar-refractivity contribution in [1.82, 2.24) is 9.55 Å². The summed E-state index contributed by atoms with van der Waals surface area (Å²) in [5.41, 5.74) is 8.45. The Labute approximate surface area is 265 Å². The first-order chi connectivity index (χ1) is 21.6. The summed E-state index contributed by atoms with van der Waals surface area (Å²) in [5.74, 6) is 2.58. The Kier molecular flexibility index (Phi) is 7.20. The van der Waals surface area contributed by atoms with Gasteiger partial charge in [-0.2, -0.15) is 0 Å². The lowest BCUT2D eigenvalue weighted by Crippen LogP contribution is -2.13. The van der Waals surface area contributed by atoms with Crippen molar-refractivity contribution in [1.29, 1.82) is 0 Å². The second-order valence-corrected chi connectivity index (χ2v) is 13.5. The Morgan fingerprint density at radius 1 is 0.800 bits per heavy atom. The number of aliphatic imine (C=N–C) groups is 1. The van der Waals surface area contributed by atoms with Gasteiger partial charge in [-0.25, -0.2) is 9.98 Å². The Morgan fingerprint density at radius 3 is 2.33 bits per heavy atom. The lowest BCUT2D eigenvalue weighted by atomic mass is 9.86. The minimum absolute atomic E-state index is 0.105. The van der Waals surface area contributed by atoms with E-state index >= 15 is 0 Å². The first kappa shape index (κ1) is 28.8. The number of aryl methyl sites for hydroxylation is 1. The van der Waals surface area contributed by atoms with E-state index in [1.807, 2.05) is 24.4 Å². The molecule has 0 N–H and O–H groups in total. The standard InChI is InChI=1S/C40H39N3O2/c1-25(2)36-24-44-39(42-36)29-18-28(27-11-8-7-9-12-27)19-32(20-29)45-33-22-30(40(4,5)6)21-31(23-33)43-37-15-14-26(3)17-35(37)34-13-10-16-41-38(34)43/h7-23,25,36H,24H2,1-6H3/t36-/m0/s1. The van der Waals surface area contributed by atoms with Crippen molar-refractivity contribution >= 4 is 27.8 Å². The fourth-order valence-corrected chi connectivity index (χ4v) is 6.03. The molecule has 1 aliphatic rings. The number of aromatic nitrogens is 2. The van der Waals surface area contributed by atoms with E-state index in [1.165, 1.54) is 16.5 Å². The summed E-state index contributed by atoms with van der Waals surface area (Å²) in [4.78, 5) is 9.77. The molecule has 0 fully saturated rings. The van der Waals surface area contributed by atoms with Crippen molar-refractivity contribution in [2.45, 2.75) is 53.0 Å². The summed E-state index contributed by atoms with van der Waals surface area (Å²) in [6, 6.07) is 34.1. The second-order valence-electron chi connectivity index (χ2n) is 13.5. The molecule has 0 bridgehead atoms. The molecule has 0 aliphatic carbocycles. The molecule has 3 heterocycles. The smallest absolute Gasteiger partial charge is 0.216 e. The van der Waals surface area contributed by atoms with Crippen LogP contribution in [0.15, 0.2) is 108 Å². The Balaban J connectivity index is 1.38. The SMILES string of the molecule is Cc1ccc2c(c1)c1cccnc1n2-c1cc(Oc2cc(C3=N[C@H](C(C)C)CO3)cc(-c3ccccc3)c2)cc(C(C)(C)C)c1.